The topological polar surface area (TPSA) is 43.4 Å². The van der Waals surface area contributed by atoms with Crippen LogP contribution in [0.5, 0.6) is 0 Å². The van der Waals surface area contributed by atoms with Gasteiger partial charge < -0.3 is 4.74 Å². The molecule has 0 bridgehead atoms. The van der Waals surface area contributed by atoms with Crippen molar-refractivity contribution in [1.82, 2.24) is 0 Å². The highest BCUT2D eigenvalue weighted by Crippen LogP contribution is 2.37. The van der Waals surface area contributed by atoms with Crippen molar-refractivity contribution in [3.8, 4) is 0 Å². The van der Waals surface area contributed by atoms with Gasteiger partial charge in [-0.2, -0.15) is 0 Å². The first-order valence-corrected chi connectivity index (χ1v) is 6.97. The monoisotopic (exact) mass is 252 g/mol. The average molecular weight is 252 g/mol. The zero-order valence-corrected chi connectivity index (χ0v) is 11.5. The molecule has 1 fully saturated rings. The molecule has 0 aliphatic heterocycles. The van der Waals surface area contributed by atoms with Crippen LogP contribution in [0.3, 0.4) is 0 Å². The second-order valence-electron chi connectivity index (χ2n) is 4.99. The van der Waals surface area contributed by atoms with Gasteiger partial charge in [-0.15, -0.1) is 0 Å². The SMILES string of the molecule is CCCCCCC=CC1(C(=O)OC)CCCC1=O. The number of ether oxygens (including phenoxy) is 1. The molecule has 1 rings (SSSR count). The molecule has 102 valence electrons. The summed E-state index contributed by atoms with van der Waals surface area (Å²) in [5.74, 6) is -0.381. The second kappa shape index (κ2) is 7.34. The van der Waals surface area contributed by atoms with E-state index in [-0.39, 0.29) is 5.78 Å². The lowest BCUT2D eigenvalue weighted by atomic mass is 9.84. The fraction of sp³-hybridized carbons (Fsp3) is 0.733. The van der Waals surface area contributed by atoms with E-state index in [1.54, 1.807) is 6.08 Å². The number of esters is 1. The zero-order valence-electron chi connectivity index (χ0n) is 11.5. The van der Waals surface area contributed by atoms with Crippen LogP contribution in [0.25, 0.3) is 0 Å². The average Bonchev–Trinajstić information content (AvgIpc) is 2.75. The van der Waals surface area contributed by atoms with Crippen molar-refractivity contribution < 1.29 is 14.3 Å². The van der Waals surface area contributed by atoms with Gasteiger partial charge in [-0.05, 0) is 25.7 Å². The summed E-state index contributed by atoms with van der Waals surface area (Å²) >= 11 is 0. The van der Waals surface area contributed by atoms with Gasteiger partial charge in [0.25, 0.3) is 0 Å². The lowest BCUT2D eigenvalue weighted by Crippen LogP contribution is -2.34. The fourth-order valence-corrected chi connectivity index (χ4v) is 2.51. The molecule has 0 N–H and O–H groups in total. The molecule has 3 heteroatoms. The Labute approximate surface area is 110 Å². The number of carbonyl (C=O) groups is 2. The maximum Gasteiger partial charge on any atom is 0.323 e. The molecule has 0 aromatic carbocycles. The van der Waals surface area contributed by atoms with Crippen molar-refractivity contribution >= 4 is 11.8 Å². The minimum atomic E-state index is -0.973. The largest absolute Gasteiger partial charge is 0.468 e. The summed E-state index contributed by atoms with van der Waals surface area (Å²) in [6.45, 7) is 2.18. The fourth-order valence-electron chi connectivity index (χ4n) is 2.51. The normalized spacial score (nSPS) is 23.8. The van der Waals surface area contributed by atoms with E-state index < -0.39 is 11.4 Å². The quantitative estimate of drug-likeness (QED) is 0.302. The van der Waals surface area contributed by atoms with E-state index in [0.29, 0.717) is 12.8 Å². The molecule has 0 saturated heterocycles. The first-order chi connectivity index (χ1) is 8.67. The minimum Gasteiger partial charge on any atom is -0.468 e. The maximum absolute atomic E-state index is 11.9. The van der Waals surface area contributed by atoms with Gasteiger partial charge in [0.2, 0.25) is 0 Å². The third-order valence-electron chi connectivity index (χ3n) is 3.65. The Morgan fingerprint density at radius 3 is 2.72 bits per heavy atom. The van der Waals surface area contributed by atoms with Crippen LogP contribution in [0.15, 0.2) is 12.2 Å². The van der Waals surface area contributed by atoms with Gasteiger partial charge in [0.05, 0.1) is 7.11 Å². The molecule has 0 aromatic rings. The first-order valence-electron chi connectivity index (χ1n) is 6.97. The highest BCUT2D eigenvalue weighted by molar-refractivity contribution is 6.07. The molecule has 1 unspecified atom stereocenters. The molecule has 0 heterocycles. The molecule has 1 aliphatic rings. The standard InChI is InChI=1S/C15H24O3/c1-3-4-5-6-7-8-11-15(14(17)18-2)12-9-10-13(15)16/h8,11H,3-7,9-10,12H2,1-2H3. The number of ketones is 1. The molecule has 3 nitrogen and oxygen atoms in total. The Hall–Kier alpha value is -1.12. The molecule has 18 heavy (non-hydrogen) atoms. The molecule has 0 radical (unpaired) electrons. The first kappa shape index (κ1) is 14.9. The molecular formula is C15H24O3. The molecule has 0 aromatic heterocycles. The van der Waals surface area contributed by atoms with E-state index in [2.05, 4.69) is 6.92 Å². The predicted molar refractivity (Wildman–Crippen MR) is 71.2 cm³/mol. The van der Waals surface area contributed by atoms with Gasteiger partial charge in [-0.25, -0.2) is 0 Å². The van der Waals surface area contributed by atoms with Crippen molar-refractivity contribution in [2.45, 2.75) is 58.3 Å². The van der Waals surface area contributed by atoms with Crippen LogP contribution in [0.2, 0.25) is 0 Å². The van der Waals surface area contributed by atoms with Crippen molar-refractivity contribution in [1.29, 1.82) is 0 Å². The Balaban J connectivity index is 2.55. The van der Waals surface area contributed by atoms with Crippen molar-refractivity contribution in [2.75, 3.05) is 7.11 Å². The zero-order chi connectivity index (χ0) is 13.4. The number of carbonyl (C=O) groups excluding carboxylic acids is 2. The molecule has 1 atom stereocenters. The Bertz CT molecular complexity index is 320. The molecule has 0 spiro atoms. The van der Waals surface area contributed by atoms with Crippen LogP contribution in [0.1, 0.15) is 58.3 Å². The van der Waals surface area contributed by atoms with Crippen LogP contribution in [-0.4, -0.2) is 18.9 Å². The number of rotatable bonds is 7. The summed E-state index contributed by atoms with van der Waals surface area (Å²) in [7, 11) is 1.35. The lowest BCUT2D eigenvalue weighted by molar-refractivity contribution is -0.153. The van der Waals surface area contributed by atoms with Gasteiger partial charge in [-0.3, -0.25) is 9.59 Å². The van der Waals surface area contributed by atoms with Gasteiger partial charge in [0.1, 0.15) is 5.41 Å². The third-order valence-corrected chi connectivity index (χ3v) is 3.65. The van der Waals surface area contributed by atoms with E-state index in [9.17, 15) is 9.59 Å². The number of unbranched alkanes of at least 4 members (excludes halogenated alkanes) is 4. The van der Waals surface area contributed by atoms with Gasteiger partial charge in [0, 0.05) is 6.42 Å². The van der Waals surface area contributed by atoms with Crippen LogP contribution in [-0.2, 0) is 14.3 Å². The molecular weight excluding hydrogens is 228 g/mol. The van der Waals surface area contributed by atoms with E-state index in [0.717, 1.165) is 19.3 Å². The van der Waals surface area contributed by atoms with E-state index in [4.69, 9.17) is 4.74 Å². The smallest absolute Gasteiger partial charge is 0.323 e. The second-order valence-corrected chi connectivity index (χ2v) is 4.99. The summed E-state index contributed by atoms with van der Waals surface area (Å²) < 4.78 is 4.79. The summed E-state index contributed by atoms with van der Waals surface area (Å²) in [4.78, 5) is 23.7. The number of hydrogen-bond donors (Lipinski definition) is 0. The molecule has 1 saturated carbocycles. The Morgan fingerprint density at radius 2 is 2.17 bits per heavy atom. The van der Waals surface area contributed by atoms with Gasteiger partial charge in [-0.1, -0.05) is 38.3 Å². The summed E-state index contributed by atoms with van der Waals surface area (Å²) in [6, 6.07) is 0. The van der Waals surface area contributed by atoms with Gasteiger partial charge >= 0.3 is 5.97 Å². The minimum absolute atomic E-state index is 0.0131. The van der Waals surface area contributed by atoms with Gasteiger partial charge in [0.15, 0.2) is 5.78 Å². The number of Topliss-reactive ketones (excluding diaryl/α,β-unsaturated/α-hetero) is 1. The summed E-state index contributed by atoms with van der Waals surface area (Å²) in [5, 5.41) is 0. The highest BCUT2D eigenvalue weighted by Gasteiger charge is 2.47. The van der Waals surface area contributed by atoms with Crippen molar-refractivity contribution in [3.63, 3.8) is 0 Å². The third kappa shape index (κ3) is 3.44. The lowest BCUT2D eigenvalue weighted by Gasteiger charge is -2.19. The predicted octanol–water partition coefficient (Wildman–Crippen LogP) is 3.43. The van der Waals surface area contributed by atoms with Crippen LogP contribution < -0.4 is 0 Å². The van der Waals surface area contributed by atoms with Crippen LogP contribution in [0.4, 0.5) is 0 Å². The Morgan fingerprint density at radius 1 is 1.39 bits per heavy atom. The van der Waals surface area contributed by atoms with Crippen molar-refractivity contribution in [2.24, 2.45) is 5.41 Å². The molecule has 0 amide bonds. The summed E-state index contributed by atoms with van der Waals surface area (Å²) in [6.07, 6.45) is 11.4. The van der Waals surface area contributed by atoms with E-state index in [1.165, 1.54) is 26.4 Å². The maximum atomic E-state index is 11.9. The highest BCUT2D eigenvalue weighted by atomic mass is 16.5. The Kier molecular flexibility index (Phi) is 6.10. The van der Waals surface area contributed by atoms with Crippen LogP contribution in [0, 0.1) is 5.41 Å². The summed E-state index contributed by atoms with van der Waals surface area (Å²) in [5.41, 5.74) is -0.973. The number of hydrogen-bond acceptors (Lipinski definition) is 3. The molecule has 1 aliphatic carbocycles. The van der Waals surface area contributed by atoms with E-state index in [1.807, 2.05) is 6.08 Å². The number of methoxy groups -OCH3 is 1. The van der Waals surface area contributed by atoms with E-state index >= 15 is 0 Å². The number of allylic oxidation sites excluding steroid dienone is 1. The van der Waals surface area contributed by atoms with Crippen molar-refractivity contribution in [3.05, 3.63) is 12.2 Å². The van der Waals surface area contributed by atoms with Crippen LogP contribution >= 0.6 is 0 Å².